The Morgan fingerprint density at radius 1 is 1.12 bits per heavy atom. The highest BCUT2D eigenvalue weighted by molar-refractivity contribution is 4.78. The summed E-state index contributed by atoms with van der Waals surface area (Å²) < 4.78 is 5.43. The molecule has 1 atom stereocenters. The topological polar surface area (TPSA) is 15.7 Å². The molecule has 3 nitrogen and oxygen atoms in total. The fraction of sp³-hybridized carbons (Fsp3) is 1.00. The van der Waals surface area contributed by atoms with Crippen LogP contribution < -0.4 is 0 Å². The van der Waals surface area contributed by atoms with Gasteiger partial charge in [-0.15, -0.1) is 0 Å². The summed E-state index contributed by atoms with van der Waals surface area (Å²) in [7, 11) is 0. The molecule has 0 N–H and O–H groups in total. The molecule has 0 amide bonds. The van der Waals surface area contributed by atoms with E-state index in [1.165, 1.54) is 52.0 Å². The maximum absolute atomic E-state index is 5.43. The van der Waals surface area contributed by atoms with Gasteiger partial charge in [0.25, 0.3) is 0 Å². The molecule has 2 rings (SSSR count). The molecule has 1 unspecified atom stereocenters. The lowest BCUT2D eigenvalue weighted by Crippen LogP contribution is -2.50. The van der Waals surface area contributed by atoms with E-state index in [9.17, 15) is 0 Å². The highest BCUT2D eigenvalue weighted by atomic mass is 16.5. The number of piperazine rings is 1. The first kappa shape index (κ1) is 13.3. The molecule has 0 spiro atoms. The Labute approximate surface area is 106 Å². The quantitative estimate of drug-likeness (QED) is 0.745. The summed E-state index contributed by atoms with van der Waals surface area (Å²) in [5, 5.41) is 0. The summed E-state index contributed by atoms with van der Waals surface area (Å²) in [6.45, 7) is 13.0. The molecule has 2 aliphatic rings. The fourth-order valence-electron chi connectivity index (χ4n) is 2.94. The highest BCUT2D eigenvalue weighted by Crippen LogP contribution is 2.17. The minimum atomic E-state index is 0.764. The molecule has 100 valence electrons. The SMILES string of the molecule is CCC(C)N1CCN(CC2CCOCC2)CC1. The molecule has 17 heavy (non-hydrogen) atoms. The molecule has 0 bridgehead atoms. The Morgan fingerprint density at radius 3 is 2.35 bits per heavy atom. The third-order valence-electron chi connectivity index (χ3n) is 4.48. The summed E-state index contributed by atoms with van der Waals surface area (Å²) in [6.07, 6.45) is 3.82. The van der Waals surface area contributed by atoms with Gasteiger partial charge in [-0.1, -0.05) is 6.92 Å². The zero-order valence-electron chi connectivity index (χ0n) is 11.5. The number of hydrogen-bond acceptors (Lipinski definition) is 3. The van der Waals surface area contributed by atoms with Crippen LogP contribution in [0.1, 0.15) is 33.1 Å². The first-order valence-corrected chi connectivity index (χ1v) is 7.33. The second-order valence-corrected chi connectivity index (χ2v) is 5.65. The van der Waals surface area contributed by atoms with E-state index in [0.29, 0.717) is 0 Å². The normalized spacial score (nSPS) is 27.2. The third kappa shape index (κ3) is 3.94. The smallest absolute Gasteiger partial charge is 0.0469 e. The Morgan fingerprint density at radius 2 is 1.76 bits per heavy atom. The molecule has 2 aliphatic heterocycles. The number of ether oxygens (including phenoxy) is 1. The summed E-state index contributed by atoms with van der Waals surface area (Å²) in [5.74, 6) is 0.888. The average Bonchev–Trinajstić information content (AvgIpc) is 2.40. The summed E-state index contributed by atoms with van der Waals surface area (Å²) in [4.78, 5) is 5.30. The Balaban J connectivity index is 1.67. The maximum Gasteiger partial charge on any atom is 0.0469 e. The van der Waals surface area contributed by atoms with Gasteiger partial charge in [0, 0.05) is 52.0 Å². The van der Waals surface area contributed by atoms with Crippen molar-refractivity contribution in [3.05, 3.63) is 0 Å². The Kier molecular flexibility index (Phi) is 5.26. The zero-order chi connectivity index (χ0) is 12.1. The van der Waals surface area contributed by atoms with Crippen molar-refractivity contribution in [2.75, 3.05) is 45.9 Å². The van der Waals surface area contributed by atoms with Crippen LogP contribution in [0.5, 0.6) is 0 Å². The molecular weight excluding hydrogens is 212 g/mol. The van der Waals surface area contributed by atoms with Gasteiger partial charge in [-0.3, -0.25) is 4.90 Å². The lowest BCUT2D eigenvalue weighted by molar-refractivity contribution is 0.0375. The molecule has 0 aromatic carbocycles. The van der Waals surface area contributed by atoms with Crippen LogP contribution in [0.3, 0.4) is 0 Å². The predicted molar refractivity (Wildman–Crippen MR) is 71.3 cm³/mol. The van der Waals surface area contributed by atoms with Crippen molar-refractivity contribution in [2.24, 2.45) is 5.92 Å². The van der Waals surface area contributed by atoms with E-state index in [0.717, 1.165) is 25.2 Å². The monoisotopic (exact) mass is 240 g/mol. The van der Waals surface area contributed by atoms with Crippen LogP contribution in [-0.2, 0) is 4.74 Å². The maximum atomic E-state index is 5.43. The van der Waals surface area contributed by atoms with Crippen LogP contribution in [0, 0.1) is 5.92 Å². The van der Waals surface area contributed by atoms with Gasteiger partial charge in [0.2, 0.25) is 0 Å². The number of rotatable bonds is 4. The first-order valence-electron chi connectivity index (χ1n) is 7.33. The molecule has 2 saturated heterocycles. The molecular formula is C14H28N2O. The van der Waals surface area contributed by atoms with E-state index in [1.54, 1.807) is 0 Å². The van der Waals surface area contributed by atoms with E-state index in [4.69, 9.17) is 4.74 Å². The second-order valence-electron chi connectivity index (χ2n) is 5.65. The van der Waals surface area contributed by atoms with Crippen molar-refractivity contribution in [2.45, 2.75) is 39.2 Å². The van der Waals surface area contributed by atoms with Crippen molar-refractivity contribution < 1.29 is 4.74 Å². The van der Waals surface area contributed by atoms with E-state index in [2.05, 4.69) is 23.6 Å². The molecule has 3 heteroatoms. The van der Waals surface area contributed by atoms with Crippen LogP contribution >= 0.6 is 0 Å². The predicted octanol–water partition coefficient (Wildman–Crippen LogP) is 1.83. The third-order valence-corrected chi connectivity index (χ3v) is 4.48. The fourth-order valence-corrected chi connectivity index (χ4v) is 2.94. The van der Waals surface area contributed by atoms with Crippen molar-refractivity contribution >= 4 is 0 Å². The van der Waals surface area contributed by atoms with Crippen LogP contribution in [0.15, 0.2) is 0 Å². The van der Waals surface area contributed by atoms with Crippen LogP contribution in [0.2, 0.25) is 0 Å². The summed E-state index contributed by atoms with van der Waals surface area (Å²) in [5.41, 5.74) is 0. The molecule has 0 radical (unpaired) electrons. The lowest BCUT2D eigenvalue weighted by atomic mass is 9.99. The van der Waals surface area contributed by atoms with Gasteiger partial charge in [-0.05, 0) is 32.1 Å². The Bertz CT molecular complexity index is 208. The standard InChI is InChI=1S/C14H28N2O/c1-3-13(2)16-8-6-15(7-9-16)12-14-4-10-17-11-5-14/h13-14H,3-12H2,1-2H3. The second kappa shape index (κ2) is 6.72. The van der Waals surface area contributed by atoms with Gasteiger partial charge in [0.1, 0.15) is 0 Å². The molecule has 2 heterocycles. The van der Waals surface area contributed by atoms with Crippen molar-refractivity contribution in [1.82, 2.24) is 9.80 Å². The van der Waals surface area contributed by atoms with Gasteiger partial charge < -0.3 is 9.64 Å². The van der Waals surface area contributed by atoms with Crippen LogP contribution in [0.4, 0.5) is 0 Å². The van der Waals surface area contributed by atoms with Gasteiger partial charge >= 0.3 is 0 Å². The minimum absolute atomic E-state index is 0.764. The number of hydrogen-bond donors (Lipinski definition) is 0. The van der Waals surface area contributed by atoms with E-state index >= 15 is 0 Å². The van der Waals surface area contributed by atoms with Gasteiger partial charge in [0.05, 0.1) is 0 Å². The van der Waals surface area contributed by atoms with Crippen molar-refractivity contribution in [3.8, 4) is 0 Å². The number of nitrogens with zero attached hydrogens (tertiary/aromatic N) is 2. The zero-order valence-corrected chi connectivity index (χ0v) is 11.5. The lowest BCUT2D eigenvalue weighted by Gasteiger charge is -2.39. The van der Waals surface area contributed by atoms with E-state index < -0.39 is 0 Å². The Hall–Kier alpha value is -0.120. The molecule has 2 fully saturated rings. The summed E-state index contributed by atoms with van der Waals surface area (Å²) in [6, 6.07) is 0.764. The molecule has 0 aromatic rings. The van der Waals surface area contributed by atoms with Gasteiger partial charge in [-0.2, -0.15) is 0 Å². The molecule has 0 aliphatic carbocycles. The van der Waals surface area contributed by atoms with Crippen molar-refractivity contribution in [1.29, 1.82) is 0 Å². The van der Waals surface area contributed by atoms with E-state index in [-0.39, 0.29) is 0 Å². The molecule has 0 saturated carbocycles. The highest BCUT2D eigenvalue weighted by Gasteiger charge is 2.23. The van der Waals surface area contributed by atoms with Crippen LogP contribution in [-0.4, -0.2) is 61.8 Å². The average molecular weight is 240 g/mol. The first-order chi connectivity index (χ1) is 8.29. The summed E-state index contributed by atoms with van der Waals surface area (Å²) >= 11 is 0. The van der Waals surface area contributed by atoms with Crippen molar-refractivity contribution in [3.63, 3.8) is 0 Å². The van der Waals surface area contributed by atoms with E-state index in [1.807, 2.05) is 0 Å². The minimum Gasteiger partial charge on any atom is -0.381 e. The van der Waals surface area contributed by atoms with Crippen LogP contribution in [0.25, 0.3) is 0 Å². The van der Waals surface area contributed by atoms with Gasteiger partial charge in [0.15, 0.2) is 0 Å². The largest absolute Gasteiger partial charge is 0.381 e. The molecule has 0 aromatic heterocycles. The van der Waals surface area contributed by atoms with Gasteiger partial charge in [-0.25, -0.2) is 0 Å².